The zero-order chi connectivity index (χ0) is 17.3. The molecular formula is C20H34N2O2. The number of fused-ring (bicyclic) bond motifs is 1. The molecule has 2 saturated heterocycles. The molecule has 3 aliphatic rings. The number of nitrogens with zero attached hydrogens (tertiary/aromatic N) is 2. The van der Waals surface area contributed by atoms with Crippen LogP contribution in [0.5, 0.6) is 0 Å². The van der Waals surface area contributed by atoms with Crippen LogP contribution in [0, 0.1) is 17.3 Å². The number of likely N-dealkylation sites (tertiary alicyclic amines) is 2. The van der Waals surface area contributed by atoms with E-state index in [2.05, 4.69) is 9.80 Å². The normalized spacial score (nSPS) is 30.0. The molecule has 3 fully saturated rings. The van der Waals surface area contributed by atoms with E-state index >= 15 is 0 Å². The third-order valence-corrected chi connectivity index (χ3v) is 6.33. The van der Waals surface area contributed by atoms with Gasteiger partial charge in [-0.15, -0.1) is 0 Å². The molecule has 24 heavy (non-hydrogen) atoms. The van der Waals surface area contributed by atoms with E-state index in [1.165, 1.54) is 32.1 Å². The molecule has 2 atom stereocenters. The Morgan fingerprint density at radius 3 is 2.29 bits per heavy atom. The van der Waals surface area contributed by atoms with Gasteiger partial charge >= 0.3 is 0 Å². The van der Waals surface area contributed by atoms with Crippen molar-refractivity contribution >= 4 is 11.8 Å². The van der Waals surface area contributed by atoms with Gasteiger partial charge in [-0.25, -0.2) is 0 Å². The summed E-state index contributed by atoms with van der Waals surface area (Å²) in [5.74, 6) is 1.63. The standard InChI is InChI=1S/C20H34N2O2/c1-20(2,3)19(24)21-11-9-15-13-18(23)22(12-10-16(15)14-21)17-7-5-4-6-8-17/h15-17H,4-14H2,1-3H3. The number of amides is 2. The van der Waals surface area contributed by atoms with Gasteiger partial charge in [0.1, 0.15) is 0 Å². The van der Waals surface area contributed by atoms with Gasteiger partial charge in [0.05, 0.1) is 0 Å². The van der Waals surface area contributed by atoms with Gasteiger partial charge in [0.2, 0.25) is 11.8 Å². The molecule has 1 saturated carbocycles. The molecule has 4 nitrogen and oxygen atoms in total. The molecule has 0 aromatic carbocycles. The lowest BCUT2D eigenvalue weighted by atomic mass is 9.81. The van der Waals surface area contributed by atoms with Crippen molar-refractivity contribution in [2.24, 2.45) is 17.3 Å². The van der Waals surface area contributed by atoms with Gasteiger partial charge in [-0.05, 0) is 37.5 Å². The number of hydrogen-bond acceptors (Lipinski definition) is 2. The fraction of sp³-hybridized carbons (Fsp3) is 0.900. The Morgan fingerprint density at radius 1 is 0.958 bits per heavy atom. The van der Waals surface area contributed by atoms with Crippen LogP contribution in [-0.2, 0) is 9.59 Å². The van der Waals surface area contributed by atoms with Crippen LogP contribution in [0.4, 0.5) is 0 Å². The van der Waals surface area contributed by atoms with Crippen molar-refractivity contribution in [3.63, 3.8) is 0 Å². The second kappa shape index (κ2) is 7.05. The van der Waals surface area contributed by atoms with Crippen molar-refractivity contribution in [3.8, 4) is 0 Å². The van der Waals surface area contributed by atoms with E-state index in [9.17, 15) is 9.59 Å². The summed E-state index contributed by atoms with van der Waals surface area (Å²) < 4.78 is 0. The Labute approximate surface area is 146 Å². The Kier molecular flexibility index (Phi) is 5.22. The quantitative estimate of drug-likeness (QED) is 0.737. The highest BCUT2D eigenvalue weighted by Crippen LogP contribution is 2.35. The molecule has 0 radical (unpaired) electrons. The minimum Gasteiger partial charge on any atom is -0.342 e. The second-order valence-electron chi connectivity index (χ2n) is 9.18. The Morgan fingerprint density at radius 2 is 1.62 bits per heavy atom. The van der Waals surface area contributed by atoms with Crippen LogP contribution in [0.25, 0.3) is 0 Å². The van der Waals surface area contributed by atoms with Crippen LogP contribution in [0.15, 0.2) is 0 Å². The van der Waals surface area contributed by atoms with Crippen molar-refractivity contribution < 1.29 is 9.59 Å². The van der Waals surface area contributed by atoms with E-state index in [1.54, 1.807) is 0 Å². The molecule has 0 spiro atoms. The number of carbonyl (C=O) groups excluding carboxylic acids is 2. The smallest absolute Gasteiger partial charge is 0.227 e. The maximum Gasteiger partial charge on any atom is 0.227 e. The molecule has 4 heteroatoms. The predicted octanol–water partition coefficient (Wildman–Crippen LogP) is 3.45. The lowest BCUT2D eigenvalue weighted by Crippen LogP contribution is -2.47. The van der Waals surface area contributed by atoms with Crippen LogP contribution < -0.4 is 0 Å². The van der Waals surface area contributed by atoms with Crippen molar-refractivity contribution in [2.75, 3.05) is 19.6 Å². The van der Waals surface area contributed by atoms with Crippen molar-refractivity contribution in [2.45, 2.75) is 78.2 Å². The Bertz CT molecular complexity index is 477. The lowest BCUT2D eigenvalue weighted by Gasteiger charge is -2.40. The Hall–Kier alpha value is -1.06. The van der Waals surface area contributed by atoms with Gasteiger partial charge in [-0.1, -0.05) is 40.0 Å². The molecule has 2 amide bonds. The van der Waals surface area contributed by atoms with E-state index in [0.29, 0.717) is 30.2 Å². The first kappa shape index (κ1) is 17.8. The van der Waals surface area contributed by atoms with Gasteiger partial charge in [-0.3, -0.25) is 9.59 Å². The fourth-order valence-corrected chi connectivity index (χ4v) is 4.89. The maximum absolute atomic E-state index is 12.8. The zero-order valence-corrected chi connectivity index (χ0v) is 15.7. The van der Waals surface area contributed by atoms with Crippen LogP contribution in [-0.4, -0.2) is 47.3 Å². The van der Waals surface area contributed by atoms with Gasteiger partial charge in [0.25, 0.3) is 0 Å². The number of rotatable bonds is 1. The van der Waals surface area contributed by atoms with E-state index in [1.807, 2.05) is 20.8 Å². The van der Waals surface area contributed by atoms with Gasteiger partial charge < -0.3 is 9.80 Å². The molecule has 0 aromatic rings. The summed E-state index contributed by atoms with van der Waals surface area (Å²) in [5.41, 5.74) is -0.304. The van der Waals surface area contributed by atoms with Crippen LogP contribution in [0.1, 0.15) is 72.1 Å². The highest BCUT2D eigenvalue weighted by Gasteiger charge is 2.39. The van der Waals surface area contributed by atoms with Crippen LogP contribution in [0.3, 0.4) is 0 Å². The molecule has 136 valence electrons. The van der Waals surface area contributed by atoms with E-state index < -0.39 is 0 Å². The van der Waals surface area contributed by atoms with Crippen molar-refractivity contribution in [1.29, 1.82) is 0 Å². The third kappa shape index (κ3) is 3.78. The molecule has 0 bridgehead atoms. The minimum absolute atomic E-state index is 0.265. The summed E-state index contributed by atoms with van der Waals surface area (Å²) in [4.78, 5) is 29.7. The van der Waals surface area contributed by atoms with Crippen LogP contribution in [0.2, 0.25) is 0 Å². The maximum atomic E-state index is 12.8. The second-order valence-corrected chi connectivity index (χ2v) is 9.18. The average molecular weight is 335 g/mol. The SMILES string of the molecule is CC(C)(C)C(=O)N1CCC2CC(=O)N(C3CCCCC3)CCC2C1. The zero-order valence-electron chi connectivity index (χ0n) is 15.7. The number of hydrogen-bond donors (Lipinski definition) is 0. The van der Waals surface area contributed by atoms with Crippen molar-refractivity contribution in [3.05, 3.63) is 0 Å². The average Bonchev–Trinajstić information content (AvgIpc) is 2.71. The first-order chi connectivity index (χ1) is 11.4. The molecule has 0 N–H and O–H groups in total. The first-order valence-electron chi connectivity index (χ1n) is 9.95. The van der Waals surface area contributed by atoms with Gasteiger partial charge in [0.15, 0.2) is 0 Å². The van der Waals surface area contributed by atoms with Crippen molar-refractivity contribution in [1.82, 2.24) is 9.80 Å². The first-order valence-corrected chi connectivity index (χ1v) is 9.95. The predicted molar refractivity (Wildman–Crippen MR) is 95.5 cm³/mol. The fourth-order valence-electron chi connectivity index (χ4n) is 4.89. The minimum atomic E-state index is -0.304. The Balaban J connectivity index is 1.64. The molecule has 2 heterocycles. The summed E-state index contributed by atoms with van der Waals surface area (Å²) in [6.45, 7) is 8.59. The largest absolute Gasteiger partial charge is 0.342 e. The highest BCUT2D eigenvalue weighted by atomic mass is 16.2. The summed E-state index contributed by atoms with van der Waals surface area (Å²) in [6.07, 6.45) is 9.03. The van der Waals surface area contributed by atoms with E-state index in [4.69, 9.17) is 0 Å². The third-order valence-electron chi connectivity index (χ3n) is 6.33. The molecule has 2 unspecified atom stereocenters. The molecule has 0 aromatic heterocycles. The van der Waals surface area contributed by atoms with Gasteiger partial charge in [0, 0.05) is 37.5 Å². The van der Waals surface area contributed by atoms with Crippen LogP contribution >= 0.6 is 0 Å². The lowest BCUT2D eigenvalue weighted by molar-refractivity contribution is -0.142. The summed E-state index contributed by atoms with van der Waals surface area (Å²) in [6, 6.07) is 0.485. The summed E-state index contributed by atoms with van der Waals surface area (Å²) in [5, 5.41) is 0. The molecule has 2 aliphatic heterocycles. The molecular weight excluding hydrogens is 300 g/mol. The summed E-state index contributed by atoms with van der Waals surface area (Å²) in [7, 11) is 0. The highest BCUT2D eigenvalue weighted by molar-refractivity contribution is 5.81. The topological polar surface area (TPSA) is 40.6 Å². The molecule has 1 aliphatic carbocycles. The van der Waals surface area contributed by atoms with E-state index in [-0.39, 0.29) is 11.3 Å². The number of carbonyl (C=O) groups is 2. The number of piperidine rings is 1. The monoisotopic (exact) mass is 334 g/mol. The van der Waals surface area contributed by atoms with Gasteiger partial charge in [-0.2, -0.15) is 0 Å². The molecule has 3 rings (SSSR count). The van der Waals surface area contributed by atoms with E-state index in [0.717, 1.165) is 32.5 Å². The summed E-state index contributed by atoms with van der Waals surface area (Å²) >= 11 is 0.